The summed E-state index contributed by atoms with van der Waals surface area (Å²) in [6, 6.07) is 6.77. The zero-order valence-electron chi connectivity index (χ0n) is 11.6. The van der Waals surface area contributed by atoms with E-state index in [1.165, 1.54) is 16.2 Å². The maximum atomic E-state index is 12.1. The van der Waals surface area contributed by atoms with Crippen LogP contribution in [0.5, 0.6) is 0 Å². The molecule has 0 aliphatic heterocycles. The number of hydrogen-bond acceptors (Lipinski definition) is 4. The number of benzene rings is 1. The van der Waals surface area contributed by atoms with Crippen molar-refractivity contribution in [3.63, 3.8) is 0 Å². The number of nitrogens with zero attached hydrogens (tertiary/aromatic N) is 1. The second-order valence-corrected chi connectivity index (χ2v) is 5.92. The minimum Gasteiger partial charge on any atom is -0.399 e. The number of hydrogen-bond donors (Lipinski definition) is 2. The SMILES string of the molecule is CC(NC(=O)c1cc2cc(N)ccc2s1)C(=O)N(C)C. The van der Waals surface area contributed by atoms with Crippen molar-refractivity contribution < 1.29 is 9.59 Å². The third-order valence-electron chi connectivity index (χ3n) is 2.92. The Labute approximate surface area is 121 Å². The fourth-order valence-electron chi connectivity index (χ4n) is 1.89. The average Bonchev–Trinajstić information content (AvgIpc) is 2.80. The van der Waals surface area contributed by atoms with Gasteiger partial charge in [-0.25, -0.2) is 0 Å². The highest BCUT2D eigenvalue weighted by Crippen LogP contribution is 2.27. The van der Waals surface area contributed by atoms with Crippen LogP contribution < -0.4 is 11.1 Å². The summed E-state index contributed by atoms with van der Waals surface area (Å²) in [4.78, 5) is 25.9. The van der Waals surface area contributed by atoms with Crippen LogP contribution in [0.25, 0.3) is 10.1 Å². The van der Waals surface area contributed by atoms with Gasteiger partial charge in [0.2, 0.25) is 5.91 Å². The molecule has 1 unspecified atom stereocenters. The van der Waals surface area contributed by atoms with Gasteiger partial charge in [0, 0.05) is 24.5 Å². The molecule has 106 valence electrons. The summed E-state index contributed by atoms with van der Waals surface area (Å²) in [7, 11) is 3.32. The standard InChI is InChI=1S/C14H17N3O2S/c1-8(14(19)17(2)3)16-13(18)12-7-9-6-10(15)4-5-11(9)20-12/h4-8H,15H2,1-3H3,(H,16,18). The van der Waals surface area contributed by atoms with Crippen molar-refractivity contribution in [1.82, 2.24) is 10.2 Å². The normalized spacial score (nSPS) is 12.2. The molecule has 3 N–H and O–H groups in total. The molecule has 2 aromatic rings. The van der Waals surface area contributed by atoms with Gasteiger partial charge < -0.3 is 16.0 Å². The number of carbonyl (C=O) groups is 2. The second kappa shape index (κ2) is 5.50. The molecular weight excluding hydrogens is 274 g/mol. The van der Waals surface area contributed by atoms with Gasteiger partial charge in [-0.3, -0.25) is 9.59 Å². The minimum absolute atomic E-state index is 0.135. The molecule has 2 rings (SSSR count). The van der Waals surface area contributed by atoms with Gasteiger partial charge >= 0.3 is 0 Å². The first-order chi connectivity index (χ1) is 9.38. The number of nitrogens with two attached hydrogens (primary N) is 1. The predicted molar refractivity (Wildman–Crippen MR) is 81.9 cm³/mol. The number of likely N-dealkylation sites (N-methyl/N-ethyl adjacent to an activating group) is 1. The summed E-state index contributed by atoms with van der Waals surface area (Å²) >= 11 is 1.38. The molecule has 0 bridgehead atoms. The van der Waals surface area contributed by atoms with Crippen LogP contribution >= 0.6 is 11.3 Å². The van der Waals surface area contributed by atoms with E-state index in [-0.39, 0.29) is 11.8 Å². The van der Waals surface area contributed by atoms with Crippen LogP contribution in [-0.4, -0.2) is 36.9 Å². The maximum absolute atomic E-state index is 12.1. The zero-order valence-corrected chi connectivity index (χ0v) is 12.5. The van der Waals surface area contributed by atoms with E-state index in [0.29, 0.717) is 10.6 Å². The Kier molecular flexibility index (Phi) is 3.94. The van der Waals surface area contributed by atoms with Crippen LogP contribution in [0.1, 0.15) is 16.6 Å². The highest BCUT2D eigenvalue weighted by Gasteiger charge is 2.19. The second-order valence-electron chi connectivity index (χ2n) is 4.84. The highest BCUT2D eigenvalue weighted by atomic mass is 32.1. The molecule has 0 aliphatic rings. The van der Waals surface area contributed by atoms with Crippen molar-refractivity contribution in [1.29, 1.82) is 0 Å². The molecule has 0 saturated carbocycles. The summed E-state index contributed by atoms with van der Waals surface area (Å²) in [5.74, 6) is -0.379. The summed E-state index contributed by atoms with van der Waals surface area (Å²) in [6.07, 6.45) is 0. The lowest BCUT2D eigenvalue weighted by Crippen LogP contribution is -2.44. The minimum atomic E-state index is -0.548. The van der Waals surface area contributed by atoms with Crippen molar-refractivity contribution in [3.8, 4) is 0 Å². The van der Waals surface area contributed by atoms with E-state index in [0.717, 1.165) is 10.1 Å². The van der Waals surface area contributed by atoms with Gasteiger partial charge in [0.1, 0.15) is 6.04 Å². The molecule has 0 spiro atoms. The van der Waals surface area contributed by atoms with Crippen LogP contribution in [0.2, 0.25) is 0 Å². The Balaban J connectivity index is 2.17. The lowest BCUT2D eigenvalue weighted by Gasteiger charge is -2.17. The van der Waals surface area contributed by atoms with E-state index < -0.39 is 6.04 Å². The number of nitrogens with one attached hydrogen (secondary N) is 1. The van der Waals surface area contributed by atoms with Gasteiger partial charge in [0.05, 0.1) is 4.88 Å². The number of fused-ring (bicyclic) bond motifs is 1. The van der Waals surface area contributed by atoms with Crippen molar-refractivity contribution in [3.05, 3.63) is 29.1 Å². The quantitative estimate of drug-likeness (QED) is 0.845. The molecule has 5 nitrogen and oxygen atoms in total. The summed E-state index contributed by atoms with van der Waals surface area (Å²) in [5, 5.41) is 3.64. The first kappa shape index (κ1) is 14.3. The molecule has 0 radical (unpaired) electrons. The number of anilines is 1. The first-order valence-corrected chi connectivity index (χ1v) is 7.01. The lowest BCUT2D eigenvalue weighted by molar-refractivity contribution is -0.130. The van der Waals surface area contributed by atoms with Gasteiger partial charge in [0.25, 0.3) is 5.91 Å². The topological polar surface area (TPSA) is 75.4 Å². The average molecular weight is 291 g/mol. The molecule has 20 heavy (non-hydrogen) atoms. The highest BCUT2D eigenvalue weighted by molar-refractivity contribution is 7.20. The van der Waals surface area contributed by atoms with Crippen molar-refractivity contribution in [2.75, 3.05) is 19.8 Å². The molecule has 1 aromatic heterocycles. The van der Waals surface area contributed by atoms with Crippen LogP contribution in [-0.2, 0) is 4.79 Å². The van der Waals surface area contributed by atoms with Crippen LogP contribution in [0.3, 0.4) is 0 Å². The maximum Gasteiger partial charge on any atom is 0.262 e. The lowest BCUT2D eigenvalue weighted by atomic mass is 10.2. The Morgan fingerprint density at radius 2 is 2.00 bits per heavy atom. The van der Waals surface area contributed by atoms with Gasteiger partial charge in [-0.05, 0) is 36.6 Å². The summed E-state index contributed by atoms with van der Waals surface area (Å²) in [5.41, 5.74) is 6.38. The number of rotatable bonds is 3. The molecule has 1 aromatic carbocycles. The van der Waals surface area contributed by atoms with E-state index in [1.807, 2.05) is 12.1 Å². The third kappa shape index (κ3) is 2.91. The van der Waals surface area contributed by atoms with Gasteiger partial charge in [0.15, 0.2) is 0 Å². The zero-order chi connectivity index (χ0) is 14.9. The van der Waals surface area contributed by atoms with Gasteiger partial charge in [-0.1, -0.05) is 0 Å². The molecule has 1 atom stereocenters. The number of amides is 2. The van der Waals surface area contributed by atoms with Crippen molar-refractivity contribution in [2.24, 2.45) is 0 Å². The Hall–Kier alpha value is -2.08. The number of thiophene rings is 1. The molecule has 0 aliphatic carbocycles. The van der Waals surface area contributed by atoms with E-state index >= 15 is 0 Å². The van der Waals surface area contributed by atoms with Gasteiger partial charge in [-0.15, -0.1) is 11.3 Å². The van der Waals surface area contributed by atoms with E-state index in [1.54, 1.807) is 33.2 Å². The molecule has 0 saturated heterocycles. The van der Waals surface area contributed by atoms with Crippen molar-refractivity contribution >= 4 is 38.9 Å². The third-order valence-corrected chi connectivity index (χ3v) is 4.04. The smallest absolute Gasteiger partial charge is 0.262 e. The largest absolute Gasteiger partial charge is 0.399 e. The Morgan fingerprint density at radius 1 is 1.30 bits per heavy atom. The number of carbonyl (C=O) groups excluding carboxylic acids is 2. The summed E-state index contributed by atoms with van der Waals surface area (Å²) < 4.78 is 0.996. The van der Waals surface area contributed by atoms with E-state index in [4.69, 9.17) is 5.73 Å². The van der Waals surface area contributed by atoms with Crippen LogP contribution in [0, 0.1) is 0 Å². The number of nitrogen functional groups attached to an aromatic ring is 1. The van der Waals surface area contributed by atoms with Crippen molar-refractivity contribution in [2.45, 2.75) is 13.0 Å². The Morgan fingerprint density at radius 3 is 2.65 bits per heavy atom. The van der Waals surface area contributed by atoms with Gasteiger partial charge in [-0.2, -0.15) is 0 Å². The van der Waals surface area contributed by atoms with E-state index in [9.17, 15) is 9.59 Å². The van der Waals surface area contributed by atoms with Crippen LogP contribution in [0.4, 0.5) is 5.69 Å². The van der Waals surface area contributed by atoms with Crippen LogP contribution in [0.15, 0.2) is 24.3 Å². The molecule has 2 amide bonds. The molecule has 0 fully saturated rings. The monoisotopic (exact) mass is 291 g/mol. The predicted octanol–water partition coefficient (Wildman–Crippen LogP) is 1.69. The molecular formula is C14H17N3O2S. The first-order valence-electron chi connectivity index (χ1n) is 6.19. The summed E-state index contributed by atoms with van der Waals surface area (Å²) in [6.45, 7) is 1.67. The fraction of sp³-hybridized carbons (Fsp3) is 0.286. The molecule has 6 heteroatoms. The van der Waals surface area contributed by atoms with E-state index in [2.05, 4.69) is 5.32 Å². The molecule has 1 heterocycles. The fourth-order valence-corrected chi connectivity index (χ4v) is 2.84. The Bertz CT molecular complexity index is 663.